The van der Waals surface area contributed by atoms with Gasteiger partial charge in [-0.3, -0.25) is 4.90 Å². The summed E-state index contributed by atoms with van der Waals surface area (Å²) in [6.07, 6.45) is 8.38. The molecule has 1 heterocycles. The van der Waals surface area contributed by atoms with Crippen LogP contribution in [0.3, 0.4) is 0 Å². The van der Waals surface area contributed by atoms with E-state index < -0.39 is 0 Å². The van der Waals surface area contributed by atoms with E-state index in [9.17, 15) is 5.11 Å². The Bertz CT molecular complexity index is 280. The van der Waals surface area contributed by atoms with Gasteiger partial charge in [0.05, 0.1) is 12.1 Å². The summed E-state index contributed by atoms with van der Waals surface area (Å²) in [7, 11) is 0. The van der Waals surface area contributed by atoms with Crippen LogP contribution in [0.1, 0.15) is 59.3 Å². The third-order valence-electron chi connectivity index (χ3n) is 4.90. The van der Waals surface area contributed by atoms with E-state index >= 15 is 0 Å². The van der Waals surface area contributed by atoms with Gasteiger partial charge in [-0.1, -0.05) is 26.7 Å². The van der Waals surface area contributed by atoms with E-state index in [-0.39, 0.29) is 12.1 Å². The van der Waals surface area contributed by atoms with E-state index in [1.165, 1.54) is 45.1 Å². The lowest BCUT2D eigenvalue weighted by Gasteiger charge is -2.47. The lowest BCUT2D eigenvalue weighted by molar-refractivity contribution is 0.0231. The lowest BCUT2D eigenvalue weighted by atomic mass is 9.78. The van der Waals surface area contributed by atoms with E-state index in [2.05, 4.69) is 31.0 Å². The number of aliphatic hydroxyl groups excluding tert-OH is 1. The normalized spacial score (nSPS) is 32.1. The highest BCUT2D eigenvalue weighted by molar-refractivity contribution is 4.94. The molecule has 0 aromatic carbocycles. The molecule has 2 aliphatic rings. The Balaban J connectivity index is 1.99. The number of piperidine rings is 1. The van der Waals surface area contributed by atoms with Gasteiger partial charge in [-0.05, 0) is 45.1 Å². The predicted molar refractivity (Wildman–Crippen MR) is 80.3 cm³/mol. The minimum atomic E-state index is -0.159. The summed E-state index contributed by atoms with van der Waals surface area (Å²) in [6, 6.07) is 1.20. The Kier molecular flexibility index (Phi) is 5.27. The number of hydrogen-bond donors (Lipinski definition) is 2. The van der Waals surface area contributed by atoms with Gasteiger partial charge < -0.3 is 10.4 Å². The van der Waals surface area contributed by atoms with Gasteiger partial charge >= 0.3 is 0 Å². The number of hydrogen-bond acceptors (Lipinski definition) is 3. The second-order valence-corrected chi connectivity index (χ2v) is 7.24. The fraction of sp³-hybridized carbons (Fsp3) is 1.00. The molecule has 0 amide bonds. The van der Waals surface area contributed by atoms with Crippen LogP contribution in [0.5, 0.6) is 0 Å². The van der Waals surface area contributed by atoms with Gasteiger partial charge in [-0.25, -0.2) is 0 Å². The lowest BCUT2D eigenvalue weighted by Crippen LogP contribution is -2.60. The van der Waals surface area contributed by atoms with Crippen LogP contribution in [-0.4, -0.2) is 47.3 Å². The number of fused-ring (bicyclic) bond motifs is 1. The zero-order valence-corrected chi connectivity index (χ0v) is 13.0. The number of nitrogens with one attached hydrogen (secondary N) is 1. The molecule has 0 aromatic rings. The molecule has 0 spiro atoms. The number of aliphatic hydroxyl groups is 1. The molecule has 1 aliphatic heterocycles. The Hall–Kier alpha value is -0.120. The fourth-order valence-electron chi connectivity index (χ4n) is 4.21. The van der Waals surface area contributed by atoms with Crippen LogP contribution in [-0.2, 0) is 0 Å². The quantitative estimate of drug-likeness (QED) is 0.803. The summed E-state index contributed by atoms with van der Waals surface area (Å²) in [5.41, 5.74) is -0.159. The smallest absolute Gasteiger partial charge is 0.0623 e. The summed E-state index contributed by atoms with van der Waals surface area (Å²) in [6.45, 7) is 8.92. The summed E-state index contributed by atoms with van der Waals surface area (Å²) >= 11 is 0. The van der Waals surface area contributed by atoms with Crippen molar-refractivity contribution in [1.82, 2.24) is 10.2 Å². The van der Waals surface area contributed by atoms with E-state index in [1.54, 1.807) is 0 Å². The van der Waals surface area contributed by atoms with Crippen molar-refractivity contribution in [3.8, 4) is 0 Å². The highest BCUT2D eigenvalue weighted by atomic mass is 16.3. The molecule has 19 heavy (non-hydrogen) atoms. The zero-order chi connectivity index (χ0) is 13.9. The van der Waals surface area contributed by atoms with Crippen molar-refractivity contribution in [3.63, 3.8) is 0 Å². The SMILES string of the molecule is CC(C)NC(C)(CO)CN1CCC[C@H]2CCCC[C@H]21. The maximum Gasteiger partial charge on any atom is 0.0623 e. The molecule has 0 radical (unpaired) electrons. The van der Waals surface area contributed by atoms with E-state index in [1.807, 2.05) is 0 Å². The Morgan fingerprint density at radius 3 is 2.58 bits per heavy atom. The maximum absolute atomic E-state index is 9.77. The Morgan fingerprint density at radius 1 is 1.21 bits per heavy atom. The maximum atomic E-state index is 9.77. The van der Waals surface area contributed by atoms with Crippen LogP contribution in [0.2, 0.25) is 0 Å². The molecule has 1 unspecified atom stereocenters. The largest absolute Gasteiger partial charge is 0.394 e. The van der Waals surface area contributed by atoms with E-state index in [0.717, 1.165) is 18.5 Å². The average Bonchev–Trinajstić information content (AvgIpc) is 2.38. The van der Waals surface area contributed by atoms with Crippen LogP contribution in [0, 0.1) is 5.92 Å². The molecule has 2 fully saturated rings. The first-order chi connectivity index (χ1) is 9.04. The third-order valence-corrected chi connectivity index (χ3v) is 4.90. The van der Waals surface area contributed by atoms with Crippen LogP contribution in [0.25, 0.3) is 0 Å². The molecule has 2 N–H and O–H groups in total. The monoisotopic (exact) mass is 268 g/mol. The van der Waals surface area contributed by atoms with Crippen molar-refractivity contribution in [2.75, 3.05) is 19.7 Å². The van der Waals surface area contributed by atoms with Crippen molar-refractivity contribution in [2.45, 2.75) is 76.9 Å². The van der Waals surface area contributed by atoms with Crippen molar-refractivity contribution in [1.29, 1.82) is 0 Å². The molecule has 3 heteroatoms. The van der Waals surface area contributed by atoms with Gasteiger partial charge in [0.1, 0.15) is 0 Å². The molecule has 1 saturated carbocycles. The van der Waals surface area contributed by atoms with Crippen molar-refractivity contribution >= 4 is 0 Å². The van der Waals surface area contributed by atoms with Crippen LogP contribution in [0.4, 0.5) is 0 Å². The van der Waals surface area contributed by atoms with Gasteiger partial charge in [0.15, 0.2) is 0 Å². The molecule has 3 nitrogen and oxygen atoms in total. The minimum absolute atomic E-state index is 0.159. The van der Waals surface area contributed by atoms with E-state index in [4.69, 9.17) is 0 Å². The molecule has 112 valence electrons. The molecule has 0 bridgehead atoms. The summed E-state index contributed by atoms with van der Waals surface area (Å²) in [4.78, 5) is 2.67. The first kappa shape index (κ1) is 15.3. The summed E-state index contributed by atoms with van der Waals surface area (Å²) < 4.78 is 0. The van der Waals surface area contributed by atoms with Crippen LogP contribution in [0.15, 0.2) is 0 Å². The van der Waals surface area contributed by atoms with Gasteiger partial charge in [-0.2, -0.15) is 0 Å². The topological polar surface area (TPSA) is 35.5 Å². The number of nitrogens with zero attached hydrogens (tertiary/aromatic N) is 1. The molecular formula is C16H32N2O. The van der Waals surface area contributed by atoms with Crippen molar-refractivity contribution < 1.29 is 5.11 Å². The summed E-state index contributed by atoms with van der Waals surface area (Å²) in [5.74, 6) is 0.921. The van der Waals surface area contributed by atoms with E-state index in [0.29, 0.717) is 6.04 Å². The molecule has 1 aliphatic carbocycles. The average molecular weight is 268 g/mol. The number of rotatable bonds is 5. The molecule has 2 rings (SSSR count). The van der Waals surface area contributed by atoms with Crippen molar-refractivity contribution in [2.24, 2.45) is 5.92 Å². The highest BCUT2D eigenvalue weighted by Crippen LogP contribution is 2.35. The molecular weight excluding hydrogens is 236 g/mol. The highest BCUT2D eigenvalue weighted by Gasteiger charge is 2.36. The first-order valence-electron chi connectivity index (χ1n) is 8.17. The standard InChI is InChI=1S/C16H32N2O/c1-13(2)17-16(3,12-19)11-18-10-6-8-14-7-4-5-9-15(14)18/h13-15,17,19H,4-12H2,1-3H3/t14-,15-,16?/m1/s1. The van der Waals surface area contributed by atoms with Crippen LogP contribution < -0.4 is 5.32 Å². The van der Waals surface area contributed by atoms with Gasteiger partial charge in [0, 0.05) is 18.6 Å². The Morgan fingerprint density at radius 2 is 1.89 bits per heavy atom. The molecule has 0 aromatic heterocycles. The minimum Gasteiger partial charge on any atom is -0.394 e. The van der Waals surface area contributed by atoms with Gasteiger partial charge in [0.2, 0.25) is 0 Å². The van der Waals surface area contributed by atoms with Gasteiger partial charge in [-0.15, -0.1) is 0 Å². The van der Waals surface area contributed by atoms with Crippen molar-refractivity contribution in [3.05, 3.63) is 0 Å². The second-order valence-electron chi connectivity index (χ2n) is 7.24. The van der Waals surface area contributed by atoms with Gasteiger partial charge in [0.25, 0.3) is 0 Å². The summed E-state index contributed by atoms with van der Waals surface area (Å²) in [5, 5.41) is 13.3. The zero-order valence-electron chi connectivity index (χ0n) is 13.0. The second kappa shape index (κ2) is 6.55. The predicted octanol–water partition coefficient (Wildman–Crippen LogP) is 2.39. The number of likely N-dealkylation sites (tertiary alicyclic amines) is 1. The Labute approximate surface area is 118 Å². The molecule has 1 saturated heterocycles. The molecule has 3 atom stereocenters. The fourth-order valence-corrected chi connectivity index (χ4v) is 4.21. The first-order valence-corrected chi connectivity index (χ1v) is 8.17. The third kappa shape index (κ3) is 3.93. The van der Waals surface area contributed by atoms with Crippen LogP contribution >= 0.6 is 0 Å².